The van der Waals surface area contributed by atoms with E-state index in [1.54, 1.807) is 0 Å². The Kier molecular flexibility index (Phi) is 3.45. The van der Waals surface area contributed by atoms with Crippen molar-refractivity contribution >= 4 is 25.4 Å². The second kappa shape index (κ2) is 4.49. The van der Waals surface area contributed by atoms with Crippen molar-refractivity contribution in [1.29, 1.82) is 0 Å². The molecule has 2 aliphatic carbocycles. The van der Waals surface area contributed by atoms with Crippen LogP contribution in [0.3, 0.4) is 0 Å². The van der Waals surface area contributed by atoms with Gasteiger partial charge in [-0.1, -0.05) is 58.0 Å². The zero-order valence-electron chi connectivity index (χ0n) is 12.8. The smallest absolute Gasteiger partial charge is 0.165 e. The third kappa shape index (κ3) is 1.60. The summed E-state index contributed by atoms with van der Waals surface area (Å²) in [5, 5.41) is 0. The van der Waals surface area contributed by atoms with Gasteiger partial charge in [0.15, 0.2) is 5.78 Å². The summed E-state index contributed by atoms with van der Waals surface area (Å²) in [6.07, 6.45) is 4.27. The van der Waals surface area contributed by atoms with Gasteiger partial charge in [-0.25, -0.2) is 0 Å². The molecule has 0 spiro atoms. The molecule has 3 rings (SSSR count). The van der Waals surface area contributed by atoms with Crippen molar-refractivity contribution in [3.05, 3.63) is 41.5 Å². The summed E-state index contributed by atoms with van der Waals surface area (Å²) < 4.78 is 0. The maximum absolute atomic E-state index is 12.8. The molecule has 2 heteroatoms. The molecule has 0 radical (unpaired) electrons. The molecule has 1 aromatic carbocycles. The van der Waals surface area contributed by atoms with E-state index in [-0.39, 0.29) is 29.7 Å². The number of fused-ring (bicyclic) bond motifs is 2. The molecule has 2 atom stereocenters. The van der Waals surface area contributed by atoms with Crippen molar-refractivity contribution < 1.29 is 4.79 Å². The van der Waals surface area contributed by atoms with Gasteiger partial charge in [0.05, 0.1) is 0 Å². The van der Waals surface area contributed by atoms with E-state index in [0.29, 0.717) is 5.78 Å². The standard InChI is InChI=1S/C18H22O.H2S/c1-16(2)17(3)10-11-18(16,4)15(19)14(17)12-13-8-6-5-7-9-13;/h5-9,12H,10-11H2,1-4H3;1H2. The minimum Gasteiger partial charge on any atom is -0.294 e. The first-order valence-corrected chi connectivity index (χ1v) is 7.15. The molecule has 1 nitrogen and oxygen atoms in total. The van der Waals surface area contributed by atoms with Crippen LogP contribution in [0.1, 0.15) is 46.1 Å². The van der Waals surface area contributed by atoms with E-state index in [0.717, 1.165) is 24.0 Å². The van der Waals surface area contributed by atoms with Crippen LogP contribution in [0.2, 0.25) is 0 Å². The molecule has 0 aromatic heterocycles. The van der Waals surface area contributed by atoms with Crippen LogP contribution < -0.4 is 0 Å². The highest BCUT2D eigenvalue weighted by molar-refractivity contribution is 7.59. The van der Waals surface area contributed by atoms with E-state index >= 15 is 0 Å². The van der Waals surface area contributed by atoms with Crippen LogP contribution in [0.25, 0.3) is 6.08 Å². The van der Waals surface area contributed by atoms with Gasteiger partial charge in [-0.15, -0.1) is 0 Å². The largest absolute Gasteiger partial charge is 0.294 e. The highest BCUT2D eigenvalue weighted by atomic mass is 32.1. The summed E-state index contributed by atoms with van der Waals surface area (Å²) >= 11 is 0. The molecule has 1 aromatic rings. The highest BCUT2D eigenvalue weighted by Gasteiger charge is 2.69. The number of carbonyl (C=O) groups excluding carboxylic acids is 1. The Hall–Kier alpha value is -1.02. The molecule has 20 heavy (non-hydrogen) atoms. The van der Waals surface area contributed by atoms with E-state index in [1.807, 2.05) is 18.2 Å². The Bertz CT molecular complexity index is 572. The van der Waals surface area contributed by atoms with Crippen molar-refractivity contribution in [3.8, 4) is 0 Å². The number of benzene rings is 1. The van der Waals surface area contributed by atoms with Crippen LogP contribution in [0.5, 0.6) is 0 Å². The lowest BCUT2D eigenvalue weighted by molar-refractivity contribution is -0.125. The van der Waals surface area contributed by atoms with E-state index in [1.165, 1.54) is 0 Å². The minimum absolute atomic E-state index is 0. The second-order valence-electron chi connectivity index (χ2n) is 7.09. The molecule has 0 saturated heterocycles. The summed E-state index contributed by atoms with van der Waals surface area (Å²) in [6.45, 7) is 8.97. The van der Waals surface area contributed by atoms with Crippen LogP contribution in [-0.4, -0.2) is 5.78 Å². The van der Waals surface area contributed by atoms with Gasteiger partial charge in [-0.3, -0.25) is 4.79 Å². The first kappa shape index (κ1) is 15.4. The van der Waals surface area contributed by atoms with Crippen LogP contribution >= 0.6 is 13.5 Å². The van der Waals surface area contributed by atoms with Gasteiger partial charge in [-0.05, 0) is 29.9 Å². The van der Waals surface area contributed by atoms with Crippen molar-refractivity contribution in [2.45, 2.75) is 40.5 Å². The molecule has 0 aliphatic heterocycles. The van der Waals surface area contributed by atoms with E-state index < -0.39 is 0 Å². The van der Waals surface area contributed by atoms with Crippen LogP contribution in [-0.2, 0) is 4.79 Å². The summed E-state index contributed by atoms with van der Waals surface area (Å²) in [5.74, 6) is 0.370. The summed E-state index contributed by atoms with van der Waals surface area (Å²) in [6, 6.07) is 10.2. The number of allylic oxidation sites excluding steroid dienone is 1. The van der Waals surface area contributed by atoms with Crippen LogP contribution in [0.15, 0.2) is 35.9 Å². The number of hydrogen-bond donors (Lipinski definition) is 0. The molecule has 0 amide bonds. The predicted octanol–water partition coefficient (Wildman–Crippen LogP) is 4.60. The molecule has 108 valence electrons. The first-order chi connectivity index (χ1) is 8.83. The third-order valence-corrected chi connectivity index (χ3v) is 6.33. The molecular weight excluding hydrogens is 264 g/mol. The Labute approximate surface area is 128 Å². The highest BCUT2D eigenvalue weighted by Crippen LogP contribution is 2.72. The molecule has 2 saturated carbocycles. The summed E-state index contributed by atoms with van der Waals surface area (Å²) in [7, 11) is 0. The number of hydrogen-bond acceptors (Lipinski definition) is 1. The lowest BCUT2D eigenvalue weighted by atomic mass is 9.65. The van der Waals surface area contributed by atoms with E-state index in [2.05, 4.69) is 45.9 Å². The summed E-state index contributed by atoms with van der Waals surface area (Å²) in [4.78, 5) is 12.8. The second-order valence-corrected chi connectivity index (χ2v) is 7.09. The van der Waals surface area contributed by atoms with Gasteiger partial charge in [0.1, 0.15) is 0 Å². The fourth-order valence-corrected chi connectivity index (χ4v) is 4.09. The van der Waals surface area contributed by atoms with Crippen molar-refractivity contribution in [1.82, 2.24) is 0 Å². The fraction of sp³-hybridized carbons (Fsp3) is 0.500. The maximum Gasteiger partial charge on any atom is 0.165 e. The Morgan fingerprint density at radius 1 is 0.950 bits per heavy atom. The fourth-order valence-electron chi connectivity index (χ4n) is 4.09. The van der Waals surface area contributed by atoms with Crippen molar-refractivity contribution in [2.24, 2.45) is 16.2 Å². The van der Waals surface area contributed by atoms with Crippen LogP contribution in [0, 0.1) is 16.2 Å². The average molecular weight is 288 g/mol. The maximum atomic E-state index is 12.8. The van der Waals surface area contributed by atoms with Gasteiger partial charge in [-0.2, -0.15) is 13.5 Å². The molecule has 2 aliphatic rings. The van der Waals surface area contributed by atoms with Gasteiger partial charge in [0, 0.05) is 16.4 Å². The molecule has 0 N–H and O–H groups in total. The molecule has 0 heterocycles. The SMILES string of the molecule is CC12CCC(C)(C(=Cc3ccccc3)C1=O)C2(C)C.S. The van der Waals surface area contributed by atoms with Gasteiger partial charge in [0.2, 0.25) is 0 Å². The average Bonchev–Trinajstić information content (AvgIpc) is 2.63. The number of carbonyl (C=O) groups is 1. The predicted molar refractivity (Wildman–Crippen MR) is 89.0 cm³/mol. The lowest BCUT2D eigenvalue weighted by Gasteiger charge is -2.37. The Balaban J connectivity index is 0.00000147. The molecule has 2 fully saturated rings. The zero-order valence-corrected chi connectivity index (χ0v) is 13.8. The topological polar surface area (TPSA) is 17.1 Å². The number of ketones is 1. The lowest BCUT2D eigenvalue weighted by Crippen LogP contribution is -2.34. The van der Waals surface area contributed by atoms with Gasteiger partial charge < -0.3 is 0 Å². The monoisotopic (exact) mass is 288 g/mol. The quantitative estimate of drug-likeness (QED) is 0.690. The molecular formula is C18H24OS. The van der Waals surface area contributed by atoms with E-state index in [9.17, 15) is 4.79 Å². The first-order valence-electron chi connectivity index (χ1n) is 7.15. The van der Waals surface area contributed by atoms with Crippen molar-refractivity contribution in [2.75, 3.05) is 0 Å². The Morgan fingerprint density at radius 3 is 2.00 bits per heavy atom. The van der Waals surface area contributed by atoms with Crippen LogP contribution in [0.4, 0.5) is 0 Å². The summed E-state index contributed by atoms with van der Waals surface area (Å²) in [5.41, 5.74) is 2.07. The normalized spacial score (nSPS) is 36.2. The Morgan fingerprint density at radius 2 is 1.50 bits per heavy atom. The van der Waals surface area contributed by atoms with Crippen molar-refractivity contribution in [3.63, 3.8) is 0 Å². The minimum atomic E-state index is -0.178. The molecule has 2 bridgehead atoms. The molecule has 2 unspecified atom stereocenters. The van der Waals surface area contributed by atoms with Gasteiger partial charge >= 0.3 is 0 Å². The van der Waals surface area contributed by atoms with E-state index in [4.69, 9.17) is 0 Å². The third-order valence-electron chi connectivity index (χ3n) is 6.33. The number of Topliss-reactive ketones (excluding diaryl/α,β-unsaturated/α-hetero) is 1. The van der Waals surface area contributed by atoms with Gasteiger partial charge in [0.25, 0.3) is 0 Å². The zero-order chi connectivity index (χ0) is 13.9. The number of rotatable bonds is 1.